The van der Waals surface area contributed by atoms with Crippen molar-refractivity contribution in [3.05, 3.63) is 107 Å². The van der Waals surface area contributed by atoms with E-state index in [1.807, 2.05) is 48.5 Å². The van der Waals surface area contributed by atoms with Crippen LogP contribution in [-0.4, -0.2) is 54.3 Å². The molecule has 10 heteroatoms. The van der Waals surface area contributed by atoms with Crippen LogP contribution in [-0.2, 0) is 33.5 Å². The van der Waals surface area contributed by atoms with Crippen molar-refractivity contribution in [3.8, 4) is 0 Å². The molecule has 0 saturated carbocycles. The van der Waals surface area contributed by atoms with Gasteiger partial charge in [-0.25, -0.2) is 0 Å². The molecule has 1 aliphatic rings. The Kier molecular flexibility index (Phi) is 17.4. The van der Waals surface area contributed by atoms with Crippen LogP contribution in [0.25, 0.3) is 0 Å². The summed E-state index contributed by atoms with van der Waals surface area (Å²) >= 11 is 0. The molecule has 0 aromatic heterocycles. The summed E-state index contributed by atoms with van der Waals surface area (Å²) in [5.74, 6) is 0.0277. The first-order valence-corrected chi connectivity index (χ1v) is 16.6. The highest BCUT2D eigenvalue weighted by Gasteiger charge is 2.39. The van der Waals surface area contributed by atoms with E-state index in [9.17, 15) is 27.6 Å². The van der Waals surface area contributed by atoms with Crippen LogP contribution in [0.1, 0.15) is 69.2 Å². The predicted molar refractivity (Wildman–Crippen MR) is 185 cm³/mol. The number of amides is 3. The van der Waals surface area contributed by atoms with Gasteiger partial charge in [0.2, 0.25) is 17.7 Å². The normalized spacial score (nSPS) is 14.7. The molecule has 3 amide bonds. The Bertz CT molecular complexity index is 1380. The van der Waals surface area contributed by atoms with Crippen LogP contribution >= 0.6 is 0 Å². The Morgan fingerprint density at radius 2 is 1.50 bits per heavy atom. The summed E-state index contributed by atoms with van der Waals surface area (Å²) < 4.78 is 38.6. The van der Waals surface area contributed by atoms with Gasteiger partial charge in [-0.15, -0.1) is 0 Å². The van der Waals surface area contributed by atoms with Gasteiger partial charge in [0.1, 0.15) is 12.1 Å². The van der Waals surface area contributed by atoms with Crippen LogP contribution in [0.3, 0.4) is 0 Å². The standard InChI is InChI=1S/C27H33F3N4O3.C7H8.C4H10/c1-19(35)33-23-13-16-34(26(23)37)24(12-11-20-7-3-2-4-8-20)25(36)32-15-6-14-31-18-21-9-5-10-22(17-21)27(28,29)30;1-7-5-3-2-4-6-7;1-4(2)3/h2-5,7-10,17,23-24,31H,6,11-16,18H2,1H3,(H,32,36)(H,33,35);2-6H,1H3;4H,1-3H3/t23-,24+;;/m1../s1. The van der Waals surface area contributed by atoms with Crippen LogP contribution < -0.4 is 16.0 Å². The third-order valence-electron chi connectivity index (χ3n) is 7.20. The minimum absolute atomic E-state index is 0.258. The Morgan fingerprint density at radius 3 is 2.06 bits per heavy atom. The van der Waals surface area contributed by atoms with Gasteiger partial charge in [-0.1, -0.05) is 105 Å². The fourth-order valence-electron chi connectivity index (χ4n) is 4.93. The monoisotopic (exact) mass is 668 g/mol. The van der Waals surface area contributed by atoms with Crippen molar-refractivity contribution in [3.63, 3.8) is 0 Å². The lowest BCUT2D eigenvalue weighted by Crippen LogP contribution is -2.50. The number of hydrogen-bond acceptors (Lipinski definition) is 4. The van der Waals surface area contributed by atoms with Gasteiger partial charge in [0.05, 0.1) is 5.56 Å². The summed E-state index contributed by atoms with van der Waals surface area (Å²) in [5, 5.41) is 8.63. The second-order valence-electron chi connectivity index (χ2n) is 12.5. The van der Waals surface area contributed by atoms with E-state index in [0.717, 1.165) is 23.6 Å². The largest absolute Gasteiger partial charge is 0.416 e. The number of rotatable bonds is 12. The molecule has 7 nitrogen and oxygen atoms in total. The Morgan fingerprint density at radius 1 is 0.896 bits per heavy atom. The highest BCUT2D eigenvalue weighted by Crippen LogP contribution is 2.29. The first-order valence-electron chi connectivity index (χ1n) is 16.6. The number of halogens is 3. The Labute approximate surface area is 283 Å². The molecule has 0 bridgehead atoms. The van der Waals surface area contributed by atoms with Crippen LogP contribution in [0.4, 0.5) is 13.2 Å². The number of carbonyl (C=O) groups is 3. The summed E-state index contributed by atoms with van der Waals surface area (Å²) in [4.78, 5) is 39.0. The summed E-state index contributed by atoms with van der Waals surface area (Å²) in [5.41, 5.74) is 2.23. The SMILES string of the molecule is CC(=O)N[C@@H]1CCN([C@@H](CCc2ccccc2)C(=O)NCCCNCc2cccc(C(F)(F)F)c2)C1=O.CC(C)C.Cc1ccccc1. The molecule has 1 fully saturated rings. The topological polar surface area (TPSA) is 90.5 Å². The number of carbonyl (C=O) groups excluding carboxylic acids is 3. The zero-order valence-electron chi connectivity index (χ0n) is 28.8. The van der Waals surface area contributed by atoms with Crippen molar-refractivity contribution in [1.82, 2.24) is 20.9 Å². The zero-order chi connectivity index (χ0) is 35.5. The van der Waals surface area contributed by atoms with Crippen molar-refractivity contribution in [2.45, 2.75) is 85.1 Å². The van der Waals surface area contributed by atoms with Crippen LogP contribution in [0, 0.1) is 12.8 Å². The first-order chi connectivity index (χ1) is 22.8. The molecule has 1 saturated heterocycles. The van der Waals surface area contributed by atoms with E-state index in [2.05, 4.69) is 55.8 Å². The van der Waals surface area contributed by atoms with Crippen LogP contribution in [0.5, 0.6) is 0 Å². The Hall–Kier alpha value is -4.18. The van der Waals surface area contributed by atoms with Gasteiger partial charge in [-0.2, -0.15) is 13.2 Å². The zero-order valence-corrected chi connectivity index (χ0v) is 28.8. The molecule has 0 unspecified atom stereocenters. The summed E-state index contributed by atoms with van der Waals surface area (Å²) in [7, 11) is 0. The van der Waals surface area contributed by atoms with E-state index < -0.39 is 23.8 Å². The first kappa shape index (κ1) is 40.0. The minimum atomic E-state index is -4.38. The quantitative estimate of drug-likeness (QED) is 0.188. The van der Waals surface area contributed by atoms with Crippen molar-refractivity contribution >= 4 is 17.7 Å². The second-order valence-corrected chi connectivity index (χ2v) is 12.5. The van der Waals surface area contributed by atoms with Crippen molar-refractivity contribution < 1.29 is 27.6 Å². The number of hydrogen-bond donors (Lipinski definition) is 3. The summed E-state index contributed by atoms with van der Waals surface area (Å²) in [6.45, 7) is 11.5. The molecule has 3 N–H and O–H groups in total. The number of aryl methyl sites for hydroxylation is 2. The van der Waals surface area contributed by atoms with E-state index in [4.69, 9.17) is 0 Å². The maximum atomic E-state index is 13.1. The van der Waals surface area contributed by atoms with Gasteiger partial charge in [-0.05, 0) is 62.3 Å². The van der Waals surface area contributed by atoms with Gasteiger partial charge in [0.15, 0.2) is 0 Å². The molecule has 3 aromatic carbocycles. The van der Waals surface area contributed by atoms with E-state index in [1.165, 1.54) is 18.6 Å². The molecular weight excluding hydrogens is 617 g/mol. The van der Waals surface area contributed by atoms with Gasteiger partial charge in [0, 0.05) is 26.6 Å². The van der Waals surface area contributed by atoms with Crippen LogP contribution in [0.2, 0.25) is 0 Å². The lowest BCUT2D eigenvalue weighted by atomic mass is 10.0. The highest BCUT2D eigenvalue weighted by molar-refractivity contribution is 5.93. The number of alkyl halides is 3. The predicted octanol–water partition coefficient (Wildman–Crippen LogP) is 6.70. The molecule has 48 heavy (non-hydrogen) atoms. The molecule has 2 atom stereocenters. The smallest absolute Gasteiger partial charge is 0.354 e. The minimum Gasteiger partial charge on any atom is -0.354 e. The number of likely N-dealkylation sites (tertiary alicyclic amines) is 1. The molecule has 262 valence electrons. The molecular formula is C38H51F3N4O3. The average molecular weight is 669 g/mol. The van der Waals surface area contributed by atoms with Gasteiger partial charge < -0.3 is 20.9 Å². The maximum absolute atomic E-state index is 13.1. The molecule has 0 aliphatic carbocycles. The lowest BCUT2D eigenvalue weighted by molar-refractivity contribution is -0.139. The maximum Gasteiger partial charge on any atom is 0.416 e. The van der Waals surface area contributed by atoms with Gasteiger partial charge in [-0.3, -0.25) is 14.4 Å². The summed E-state index contributed by atoms with van der Waals surface area (Å²) in [6.07, 6.45) is -2.30. The highest BCUT2D eigenvalue weighted by atomic mass is 19.4. The van der Waals surface area contributed by atoms with Gasteiger partial charge >= 0.3 is 6.18 Å². The fraction of sp³-hybridized carbons (Fsp3) is 0.447. The number of nitrogens with zero attached hydrogens (tertiary/aromatic N) is 1. The molecule has 1 aliphatic heterocycles. The number of benzene rings is 3. The molecule has 4 rings (SSSR count). The molecule has 1 heterocycles. The van der Waals surface area contributed by atoms with Crippen LogP contribution in [0.15, 0.2) is 84.9 Å². The second kappa shape index (κ2) is 20.9. The van der Waals surface area contributed by atoms with E-state index >= 15 is 0 Å². The molecule has 3 aromatic rings. The fourth-order valence-corrected chi connectivity index (χ4v) is 4.93. The average Bonchev–Trinajstić information content (AvgIpc) is 3.38. The third-order valence-corrected chi connectivity index (χ3v) is 7.20. The van der Waals surface area contributed by atoms with Crippen molar-refractivity contribution in [2.24, 2.45) is 5.92 Å². The lowest BCUT2D eigenvalue weighted by Gasteiger charge is -2.27. The molecule has 0 radical (unpaired) electrons. The van der Waals surface area contributed by atoms with E-state index in [0.29, 0.717) is 50.9 Å². The molecule has 0 spiro atoms. The third kappa shape index (κ3) is 15.6. The van der Waals surface area contributed by atoms with Crippen molar-refractivity contribution in [1.29, 1.82) is 0 Å². The number of nitrogens with one attached hydrogen (secondary N) is 3. The van der Waals surface area contributed by atoms with Gasteiger partial charge in [0.25, 0.3) is 0 Å². The van der Waals surface area contributed by atoms with Crippen molar-refractivity contribution in [2.75, 3.05) is 19.6 Å². The summed E-state index contributed by atoms with van der Waals surface area (Å²) in [6, 6.07) is 23.8. The Balaban J connectivity index is 0.000000618. The van der Waals surface area contributed by atoms with E-state index in [-0.39, 0.29) is 24.3 Å². The van der Waals surface area contributed by atoms with E-state index in [1.54, 1.807) is 11.0 Å².